The van der Waals surface area contributed by atoms with E-state index in [4.69, 9.17) is 0 Å². The van der Waals surface area contributed by atoms with E-state index in [9.17, 15) is 4.79 Å². The Labute approximate surface area is 86.0 Å². The smallest absolute Gasteiger partial charge is 0.237 e. The van der Waals surface area contributed by atoms with Crippen molar-refractivity contribution in [1.82, 2.24) is 15.5 Å². The van der Waals surface area contributed by atoms with E-state index in [2.05, 4.69) is 22.5 Å². The van der Waals surface area contributed by atoms with Crippen molar-refractivity contribution in [1.29, 1.82) is 0 Å². The van der Waals surface area contributed by atoms with Gasteiger partial charge in [-0.25, -0.2) is 0 Å². The molecule has 1 saturated heterocycles. The topological polar surface area (TPSA) is 44.4 Å². The lowest BCUT2D eigenvalue weighted by Crippen LogP contribution is -2.55. The third-order valence-electron chi connectivity index (χ3n) is 2.68. The zero-order valence-electron chi connectivity index (χ0n) is 9.34. The van der Waals surface area contributed by atoms with Crippen molar-refractivity contribution in [3.8, 4) is 0 Å². The first kappa shape index (κ1) is 11.5. The summed E-state index contributed by atoms with van der Waals surface area (Å²) in [6.07, 6.45) is 0. The molecule has 1 amide bonds. The lowest BCUT2D eigenvalue weighted by Gasteiger charge is -2.35. The van der Waals surface area contributed by atoms with Gasteiger partial charge in [-0.05, 0) is 20.8 Å². The Hall–Kier alpha value is -0.610. The van der Waals surface area contributed by atoms with Crippen LogP contribution in [0, 0.1) is 0 Å². The summed E-state index contributed by atoms with van der Waals surface area (Å²) in [7, 11) is 0. The molecule has 4 heteroatoms. The van der Waals surface area contributed by atoms with E-state index in [1.54, 1.807) is 0 Å². The molecule has 0 radical (unpaired) electrons. The van der Waals surface area contributed by atoms with Gasteiger partial charge in [-0.3, -0.25) is 9.69 Å². The van der Waals surface area contributed by atoms with Gasteiger partial charge in [-0.15, -0.1) is 0 Å². The van der Waals surface area contributed by atoms with Crippen LogP contribution in [0.25, 0.3) is 0 Å². The van der Waals surface area contributed by atoms with E-state index in [0.717, 1.165) is 19.6 Å². The molecule has 2 atom stereocenters. The van der Waals surface area contributed by atoms with E-state index in [0.29, 0.717) is 12.6 Å². The number of hydrogen-bond acceptors (Lipinski definition) is 3. The minimum atomic E-state index is -0.000463. The molecule has 0 saturated carbocycles. The van der Waals surface area contributed by atoms with Crippen LogP contribution < -0.4 is 10.6 Å². The number of nitrogens with one attached hydrogen (secondary N) is 2. The SMILES string of the molecule is CCNC(=O)C(C)N1CCN[C@@H](C)C1. The van der Waals surface area contributed by atoms with Crippen molar-refractivity contribution < 1.29 is 4.79 Å². The average Bonchev–Trinajstić information content (AvgIpc) is 2.17. The lowest BCUT2D eigenvalue weighted by molar-refractivity contribution is -0.126. The van der Waals surface area contributed by atoms with Crippen LogP contribution in [0.2, 0.25) is 0 Å². The molecular formula is C10H21N3O. The van der Waals surface area contributed by atoms with Crippen molar-refractivity contribution >= 4 is 5.91 Å². The molecular weight excluding hydrogens is 178 g/mol. The fourth-order valence-corrected chi connectivity index (χ4v) is 1.80. The molecule has 0 aromatic heterocycles. The second-order valence-corrected chi connectivity index (χ2v) is 3.92. The maximum Gasteiger partial charge on any atom is 0.237 e. The van der Waals surface area contributed by atoms with Crippen molar-refractivity contribution in [2.75, 3.05) is 26.2 Å². The zero-order valence-corrected chi connectivity index (χ0v) is 9.34. The number of hydrogen-bond donors (Lipinski definition) is 2. The van der Waals surface area contributed by atoms with Crippen LogP contribution in [-0.2, 0) is 4.79 Å². The zero-order chi connectivity index (χ0) is 10.6. The van der Waals surface area contributed by atoms with Crippen LogP contribution in [0.15, 0.2) is 0 Å². The molecule has 82 valence electrons. The number of amides is 1. The molecule has 1 unspecified atom stereocenters. The molecule has 1 heterocycles. The van der Waals surface area contributed by atoms with Gasteiger partial charge in [-0.2, -0.15) is 0 Å². The number of rotatable bonds is 3. The first-order chi connectivity index (χ1) is 6.65. The van der Waals surface area contributed by atoms with E-state index in [1.165, 1.54) is 0 Å². The Morgan fingerprint density at radius 1 is 1.71 bits per heavy atom. The molecule has 1 fully saturated rings. The van der Waals surface area contributed by atoms with Crippen molar-refractivity contribution in [2.45, 2.75) is 32.9 Å². The number of piperazine rings is 1. The number of nitrogens with zero attached hydrogens (tertiary/aromatic N) is 1. The number of carbonyl (C=O) groups excluding carboxylic acids is 1. The first-order valence-corrected chi connectivity index (χ1v) is 5.40. The quantitative estimate of drug-likeness (QED) is 0.662. The summed E-state index contributed by atoms with van der Waals surface area (Å²) in [4.78, 5) is 13.8. The molecule has 0 aromatic rings. The maximum atomic E-state index is 11.6. The minimum absolute atomic E-state index is 0.000463. The van der Waals surface area contributed by atoms with Crippen LogP contribution in [-0.4, -0.2) is 49.1 Å². The van der Waals surface area contributed by atoms with Gasteiger partial charge in [0.05, 0.1) is 6.04 Å². The first-order valence-electron chi connectivity index (χ1n) is 5.40. The third-order valence-corrected chi connectivity index (χ3v) is 2.68. The minimum Gasteiger partial charge on any atom is -0.355 e. The summed E-state index contributed by atoms with van der Waals surface area (Å²) in [5.74, 6) is 0.140. The predicted molar refractivity (Wildman–Crippen MR) is 57.2 cm³/mol. The van der Waals surface area contributed by atoms with Crippen molar-refractivity contribution in [2.24, 2.45) is 0 Å². The van der Waals surface area contributed by atoms with Crippen LogP contribution >= 0.6 is 0 Å². The van der Waals surface area contributed by atoms with Gasteiger partial charge in [-0.1, -0.05) is 0 Å². The fourth-order valence-electron chi connectivity index (χ4n) is 1.80. The molecule has 1 aliphatic rings. The largest absolute Gasteiger partial charge is 0.355 e. The van der Waals surface area contributed by atoms with Crippen LogP contribution in [0.5, 0.6) is 0 Å². The van der Waals surface area contributed by atoms with Crippen LogP contribution in [0.4, 0.5) is 0 Å². The van der Waals surface area contributed by atoms with E-state index in [1.807, 2.05) is 13.8 Å². The summed E-state index contributed by atoms with van der Waals surface area (Å²) >= 11 is 0. The number of likely N-dealkylation sites (N-methyl/N-ethyl adjacent to an activating group) is 1. The van der Waals surface area contributed by atoms with E-state index in [-0.39, 0.29) is 11.9 Å². The molecule has 1 rings (SSSR count). The van der Waals surface area contributed by atoms with Crippen molar-refractivity contribution in [3.05, 3.63) is 0 Å². The Kier molecular flexibility index (Phi) is 4.35. The Morgan fingerprint density at radius 3 is 3.00 bits per heavy atom. The van der Waals surface area contributed by atoms with Gasteiger partial charge in [0.1, 0.15) is 0 Å². The van der Waals surface area contributed by atoms with Crippen LogP contribution in [0.1, 0.15) is 20.8 Å². The maximum absolute atomic E-state index is 11.6. The highest BCUT2D eigenvalue weighted by Gasteiger charge is 2.24. The van der Waals surface area contributed by atoms with Gasteiger partial charge >= 0.3 is 0 Å². The third kappa shape index (κ3) is 2.96. The monoisotopic (exact) mass is 199 g/mol. The molecule has 1 aliphatic heterocycles. The van der Waals surface area contributed by atoms with Gasteiger partial charge in [0.25, 0.3) is 0 Å². The van der Waals surface area contributed by atoms with Gasteiger partial charge < -0.3 is 10.6 Å². The molecule has 2 N–H and O–H groups in total. The summed E-state index contributed by atoms with van der Waals surface area (Å²) in [6, 6.07) is 0.486. The van der Waals surface area contributed by atoms with Gasteiger partial charge in [0.15, 0.2) is 0 Å². The Morgan fingerprint density at radius 2 is 2.43 bits per heavy atom. The van der Waals surface area contributed by atoms with Gasteiger partial charge in [0.2, 0.25) is 5.91 Å². The highest BCUT2D eigenvalue weighted by atomic mass is 16.2. The Bertz CT molecular complexity index is 196. The molecule has 0 spiro atoms. The lowest BCUT2D eigenvalue weighted by atomic mass is 10.1. The molecule has 0 aromatic carbocycles. The van der Waals surface area contributed by atoms with Crippen LogP contribution in [0.3, 0.4) is 0 Å². The molecule has 4 nitrogen and oxygen atoms in total. The van der Waals surface area contributed by atoms with Gasteiger partial charge in [0, 0.05) is 32.2 Å². The second-order valence-electron chi connectivity index (χ2n) is 3.92. The van der Waals surface area contributed by atoms with E-state index < -0.39 is 0 Å². The summed E-state index contributed by atoms with van der Waals surface area (Å²) in [5, 5.41) is 6.22. The summed E-state index contributed by atoms with van der Waals surface area (Å²) in [6.45, 7) is 9.68. The predicted octanol–water partition coefficient (Wildman–Crippen LogP) is -0.195. The van der Waals surface area contributed by atoms with Crippen molar-refractivity contribution in [3.63, 3.8) is 0 Å². The molecule has 0 bridgehead atoms. The summed E-state index contributed by atoms with van der Waals surface area (Å²) in [5.41, 5.74) is 0. The van der Waals surface area contributed by atoms with E-state index >= 15 is 0 Å². The normalized spacial score (nSPS) is 25.8. The fraction of sp³-hybridized carbons (Fsp3) is 0.900. The highest BCUT2D eigenvalue weighted by Crippen LogP contribution is 2.04. The summed E-state index contributed by atoms with van der Waals surface area (Å²) < 4.78 is 0. The standard InChI is InChI=1S/C10H21N3O/c1-4-11-10(14)9(3)13-6-5-12-8(2)7-13/h8-9,12H,4-7H2,1-3H3,(H,11,14)/t8-,9?/m0/s1. The number of carbonyl (C=O) groups is 1. The molecule has 0 aliphatic carbocycles. The average molecular weight is 199 g/mol. The second kappa shape index (κ2) is 5.32. The Balaban J connectivity index is 2.42. The molecule has 14 heavy (non-hydrogen) atoms. The highest BCUT2D eigenvalue weighted by molar-refractivity contribution is 5.81.